The SMILES string of the molecule is CNC(c1ccc(OC)c(OC)c1)c1cc(C)ccn1. The van der Waals surface area contributed by atoms with E-state index < -0.39 is 0 Å². The second kappa shape index (κ2) is 6.39. The normalized spacial score (nSPS) is 12.0. The van der Waals surface area contributed by atoms with Gasteiger partial charge in [0.15, 0.2) is 11.5 Å². The lowest BCUT2D eigenvalue weighted by Crippen LogP contribution is -2.19. The van der Waals surface area contributed by atoms with Gasteiger partial charge < -0.3 is 14.8 Å². The largest absolute Gasteiger partial charge is 0.493 e. The molecule has 2 rings (SSSR count). The predicted molar refractivity (Wildman–Crippen MR) is 79.4 cm³/mol. The van der Waals surface area contributed by atoms with Crippen LogP contribution in [0.25, 0.3) is 0 Å². The maximum Gasteiger partial charge on any atom is 0.161 e. The summed E-state index contributed by atoms with van der Waals surface area (Å²) in [6.45, 7) is 2.06. The summed E-state index contributed by atoms with van der Waals surface area (Å²) in [5.74, 6) is 1.45. The van der Waals surface area contributed by atoms with E-state index in [1.54, 1.807) is 14.2 Å². The summed E-state index contributed by atoms with van der Waals surface area (Å²) in [5.41, 5.74) is 3.26. The highest BCUT2D eigenvalue weighted by Gasteiger charge is 2.16. The summed E-state index contributed by atoms with van der Waals surface area (Å²) in [4.78, 5) is 4.45. The van der Waals surface area contributed by atoms with E-state index in [2.05, 4.69) is 23.3 Å². The first kappa shape index (κ1) is 14.3. The molecule has 1 unspecified atom stereocenters. The second-order valence-electron chi connectivity index (χ2n) is 4.59. The van der Waals surface area contributed by atoms with E-state index in [9.17, 15) is 0 Å². The fourth-order valence-electron chi connectivity index (χ4n) is 2.24. The number of hydrogen-bond donors (Lipinski definition) is 1. The molecule has 1 aromatic carbocycles. The minimum Gasteiger partial charge on any atom is -0.493 e. The molecule has 0 fully saturated rings. The summed E-state index contributed by atoms with van der Waals surface area (Å²) in [6.07, 6.45) is 1.83. The zero-order valence-corrected chi connectivity index (χ0v) is 12.3. The molecule has 0 radical (unpaired) electrons. The van der Waals surface area contributed by atoms with Gasteiger partial charge in [0, 0.05) is 6.20 Å². The van der Waals surface area contributed by atoms with Gasteiger partial charge in [-0.25, -0.2) is 0 Å². The van der Waals surface area contributed by atoms with Gasteiger partial charge in [-0.3, -0.25) is 4.98 Å². The number of nitrogens with zero attached hydrogens (tertiary/aromatic N) is 1. The van der Waals surface area contributed by atoms with E-state index in [-0.39, 0.29) is 6.04 Å². The Morgan fingerprint density at radius 1 is 1.05 bits per heavy atom. The molecule has 0 spiro atoms. The van der Waals surface area contributed by atoms with Crippen molar-refractivity contribution in [2.24, 2.45) is 0 Å². The maximum atomic E-state index is 5.36. The molecule has 0 saturated carbocycles. The van der Waals surface area contributed by atoms with Gasteiger partial charge in [0.2, 0.25) is 0 Å². The summed E-state index contributed by atoms with van der Waals surface area (Å²) < 4.78 is 10.6. The summed E-state index contributed by atoms with van der Waals surface area (Å²) in [7, 11) is 5.20. The lowest BCUT2D eigenvalue weighted by molar-refractivity contribution is 0.354. The van der Waals surface area contributed by atoms with Crippen LogP contribution in [-0.2, 0) is 0 Å². The minimum atomic E-state index is 0.0229. The number of aromatic nitrogens is 1. The van der Waals surface area contributed by atoms with E-state index >= 15 is 0 Å². The number of hydrogen-bond acceptors (Lipinski definition) is 4. The third-order valence-electron chi connectivity index (χ3n) is 3.26. The molecule has 106 valence electrons. The molecule has 20 heavy (non-hydrogen) atoms. The molecule has 4 heteroatoms. The Labute approximate surface area is 119 Å². The smallest absolute Gasteiger partial charge is 0.161 e. The highest BCUT2D eigenvalue weighted by atomic mass is 16.5. The van der Waals surface area contributed by atoms with Crippen LogP contribution < -0.4 is 14.8 Å². The van der Waals surface area contributed by atoms with Crippen LogP contribution >= 0.6 is 0 Å². The summed E-state index contributed by atoms with van der Waals surface area (Å²) in [6, 6.07) is 10.0. The van der Waals surface area contributed by atoms with Gasteiger partial charge in [0.25, 0.3) is 0 Å². The van der Waals surface area contributed by atoms with Gasteiger partial charge in [-0.2, -0.15) is 0 Å². The van der Waals surface area contributed by atoms with Crippen LogP contribution in [-0.4, -0.2) is 26.3 Å². The van der Waals surface area contributed by atoms with Crippen LogP contribution in [0.5, 0.6) is 11.5 Å². The van der Waals surface area contributed by atoms with Crippen molar-refractivity contribution < 1.29 is 9.47 Å². The first-order valence-corrected chi connectivity index (χ1v) is 6.51. The number of ether oxygens (including phenoxy) is 2. The van der Waals surface area contributed by atoms with E-state index in [1.165, 1.54) is 5.56 Å². The molecule has 1 N–H and O–H groups in total. The third-order valence-corrected chi connectivity index (χ3v) is 3.26. The van der Waals surface area contributed by atoms with Gasteiger partial charge in [-0.05, 0) is 49.4 Å². The number of aryl methyl sites for hydroxylation is 1. The molecular weight excluding hydrogens is 252 g/mol. The average Bonchev–Trinajstić information content (AvgIpc) is 2.48. The first-order chi connectivity index (χ1) is 9.69. The Hall–Kier alpha value is -2.07. The topological polar surface area (TPSA) is 43.4 Å². The van der Waals surface area contributed by atoms with Crippen LogP contribution in [0.2, 0.25) is 0 Å². The monoisotopic (exact) mass is 272 g/mol. The molecule has 1 atom stereocenters. The van der Waals surface area contributed by atoms with Gasteiger partial charge in [0.05, 0.1) is 26.0 Å². The number of benzene rings is 1. The van der Waals surface area contributed by atoms with Crippen LogP contribution in [0.15, 0.2) is 36.5 Å². The van der Waals surface area contributed by atoms with E-state index in [1.807, 2.05) is 37.5 Å². The van der Waals surface area contributed by atoms with Crippen molar-refractivity contribution >= 4 is 0 Å². The Morgan fingerprint density at radius 2 is 1.80 bits per heavy atom. The highest BCUT2D eigenvalue weighted by Crippen LogP contribution is 2.31. The van der Waals surface area contributed by atoms with Gasteiger partial charge in [-0.15, -0.1) is 0 Å². The summed E-state index contributed by atoms with van der Waals surface area (Å²) in [5, 5.41) is 3.29. The third kappa shape index (κ3) is 2.91. The van der Waals surface area contributed by atoms with Crippen LogP contribution in [0, 0.1) is 6.92 Å². The Bertz CT molecular complexity index is 584. The molecule has 1 heterocycles. The number of pyridine rings is 1. The van der Waals surface area contributed by atoms with E-state index in [0.29, 0.717) is 0 Å². The Morgan fingerprint density at radius 3 is 2.40 bits per heavy atom. The molecule has 0 aliphatic carbocycles. The minimum absolute atomic E-state index is 0.0229. The number of rotatable bonds is 5. The lowest BCUT2D eigenvalue weighted by atomic mass is 10.0. The van der Waals surface area contributed by atoms with Crippen molar-refractivity contribution in [1.29, 1.82) is 0 Å². The maximum absolute atomic E-state index is 5.36. The molecule has 2 aromatic rings. The van der Waals surface area contributed by atoms with Crippen molar-refractivity contribution in [2.45, 2.75) is 13.0 Å². The number of methoxy groups -OCH3 is 2. The highest BCUT2D eigenvalue weighted by molar-refractivity contribution is 5.45. The van der Waals surface area contributed by atoms with Crippen molar-refractivity contribution in [2.75, 3.05) is 21.3 Å². The molecular formula is C16H20N2O2. The van der Waals surface area contributed by atoms with Crippen molar-refractivity contribution in [3.05, 3.63) is 53.3 Å². The van der Waals surface area contributed by atoms with Crippen LogP contribution in [0.4, 0.5) is 0 Å². The van der Waals surface area contributed by atoms with Crippen molar-refractivity contribution in [3.63, 3.8) is 0 Å². The molecule has 0 bridgehead atoms. The fourth-order valence-corrected chi connectivity index (χ4v) is 2.24. The van der Waals surface area contributed by atoms with Gasteiger partial charge in [0.1, 0.15) is 0 Å². The second-order valence-corrected chi connectivity index (χ2v) is 4.59. The van der Waals surface area contributed by atoms with Gasteiger partial charge >= 0.3 is 0 Å². The quantitative estimate of drug-likeness (QED) is 0.909. The zero-order chi connectivity index (χ0) is 14.5. The van der Waals surface area contributed by atoms with Crippen LogP contribution in [0.3, 0.4) is 0 Å². The molecule has 0 amide bonds. The Balaban J connectivity index is 2.41. The molecule has 0 saturated heterocycles. The fraction of sp³-hybridized carbons (Fsp3) is 0.312. The Kier molecular flexibility index (Phi) is 4.58. The molecule has 0 aliphatic heterocycles. The number of nitrogens with one attached hydrogen (secondary N) is 1. The lowest BCUT2D eigenvalue weighted by Gasteiger charge is -2.18. The molecule has 4 nitrogen and oxygen atoms in total. The standard InChI is InChI=1S/C16H20N2O2/c1-11-7-8-18-13(9-11)16(17-2)12-5-6-14(19-3)15(10-12)20-4/h5-10,16-17H,1-4H3. The average molecular weight is 272 g/mol. The first-order valence-electron chi connectivity index (χ1n) is 6.51. The predicted octanol–water partition coefficient (Wildman–Crippen LogP) is 2.72. The molecule has 0 aliphatic rings. The van der Waals surface area contributed by atoms with Crippen molar-refractivity contribution in [3.8, 4) is 11.5 Å². The van der Waals surface area contributed by atoms with Crippen molar-refractivity contribution in [1.82, 2.24) is 10.3 Å². The molecule has 1 aromatic heterocycles. The van der Waals surface area contributed by atoms with Crippen LogP contribution in [0.1, 0.15) is 22.9 Å². The summed E-state index contributed by atoms with van der Waals surface area (Å²) >= 11 is 0. The van der Waals surface area contributed by atoms with E-state index in [4.69, 9.17) is 9.47 Å². The van der Waals surface area contributed by atoms with E-state index in [0.717, 1.165) is 22.8 Å². The zero-order valence-electron chi connectivity index (χ0n) is 12.3. The van der Waals surface area contributed by atoms with Gasteiger partial charge in [-0.1, -0.05) is 6.07 Å².